The quantitative estimate of drug-likeness (QED) is 0.818. The Morgan fingerprint density at radius 1 is 1.33 bits per heavy atom. The highest BCUT2D eigenvalue weighted by atomic mass is 16.1. The molecule has 0 aliphatic carbocycles. The Labute approximate surface area is 91.7 Å². The molecule has 0 heterocycles. The van der Waals surface area contributed by atoms with Gasteiger partial charge >= 0.3 is 0 Å². The maximum Gasteiger partial charge on any atom is 0.131 e. The molecule has 0 amide bonds. The van der Waals surface area contributed by atoms with Gasteiger partial charge in [0.15, 0.2) is 0 Å². The van der Waals surface area contributed by atoms with Crippen molar-refractivity contribution in [3.63, 3.8) is 0 Å². The fourth-order valence-corrected chi connectivity index (χ4v) is 1.66. The van der Waals surface area contributed by atoms with Crippen LogP contribution in [-0.4, -0.2) is 12.8 Å². The van der Waals surface area contributed by atoms with Crippen molar-refractivity contribution in [2.45, 2.75) is 33.2 Å². The van der Waals surface area contributed by atoms with Crippen LogP contribution in [0.5, 0.6) is 0 Å². The molecular formula is C13H19NO. The van der Waals surface area contributed by atoms with Gasteiger partial charge in [-0.05, 0) is 44.5 Å². The first-order valence-electron chi connectivity index (χ1n) is 5.28. The lowest BCUT2D eigenvalue weighted by Crippen LogP contribution is -2.19. The van der Waals surface area contributed by atoms with Gasteiger partial charge in [0.05, 0.1) is 0 Å². The summed E-state index contributed by atoms with van der Waals surface area (Å²) >= 11 is 0. The van der Waals surface area contributed by atoms with E-state index in [-0.39, 0.29) is 11.8 Å². The highest BCUT2D eigenvalue weighted by molar-refractivity contribution is 5.76. The molecule has 0 saturated heterocycles. The van der Waals surface area contributed by atoms with Crippen LogP contribution in [0.15, 0.2) is 18.2 Å². The largest absolute Gasteiger partial charge is 0.313 e. The topological polar surface area (TPSA) is 29.1 Å². The lowest BCUT2D eigenvalue weighted by Gasteiger charge is -2.16. The van der Waals surface area contributed by atoms with E-state index < -0.39 is 0 Å². The predicted octanol–water partition coefficient (Wildman–Crippen LogP) is 2.54. The number of hydrogen-bond acceptors (Lipinski definition) is 2. The van der Waals surface area contributed by atoms with Crippen molar-refractivity contribution >= 4 is 5.78 Å². The first-order chi connectivity index (χ1) is 7.04. The van der Waals surface area contributed by atoms with Gasteiger partial charge in [0.2, 0.25) is 0 Å². The molecule has 0 radical (unpaired) electrons. The van der Waals surface area contributed by atoms with Gasteiger partial charge in [-0.2, -0.15) is 0 Å². The molecule has 0 spiro atoms. The highest BCUT2D eigenvalue weighted by Crippen LogP contribution is 2.19. The number of rotatable bonds is 4. The van der Waals surface area contributed by atoms with E-state index in [2.05, 4.69) is 37.4 Å². The fourth-order valence-electron chi connectivity index (χ4n) is 1.66. The molecule has 1 rings (SSSR count). The summed E-state index contributed by atoms with van der Waals surface area (Å²) in [6.07, 6.45) is 0.555. The number of ketones is 1. The average molecular weight is 205 g/mol. The van der Waals surface area contributed by atoms with E-state index in [0.717, 1.165) is 0 Å². The second-order valence-corrected chi connectivity index (χ2v) is 4.09. The van der Waals surface area contributed by atoms with Gasteiger partial charge in [0.25, 0.3) is 0 Å². The van der Waals surface area contributed by atoms with E-state index in [1.54, 1.807) is 6.92 Å². The normalized spacial score (nSPS) is 12.5. The summed E-state index contributed by atoms with van der Waals surface area (Å²) in [6.45, 7) is 5.82. The molecule has 82 valence electrons. The third-order valence-electron chi connectivity index (χ3n) is 2.77. The highest BCUT2D eigenvalue weighted by Gasteiger charge is 2.11. The molecule has 15 heavy (non-hydrogen) atoms. The Morgan fingerprint density at radius 3 is 2.47 bits per heavy atom. The maximum atomic E-state index is 11.1. The van der Waals surface area contributed by atoms with Gasteiger partial charge < -0.3 is 5.32 Å². The minimum absolute atomic E-state index is 0.141. The Bertz CT molecular complexity index is 358. The Hall–Kier alpha value is -1.15. The van der Waals surface area contributed by atoms with Crippen molar-refractivity contribution in [2.75, 3.05) is 7.05 Å². The van der Waals surface area contributed by atoms with Gasteiger partial charge in [-0.25, -0.2) is 0 Å². The summed E-state index contributed by atoms with van der Waals surface area (Å²) in [4.78, 5) is 11.1. The standard InChI is InChI=1S/C13H19NO/c1-9-5-6-12(7-10(9)2)13(14-4)8-11(3)15/h5-7,13-14H,8H2,1-4H3. The van der Waals surface area contributed by atoms with Crippen LogP contribution >= 0.6 is 0 Å². The minimum Gasteiger partial charge on any atom is -0.313 e. The number of nitrogens with one attached hydrogen (secondary N) is 1. The first kappa shape index (κ1) is 11.9. The van der Waals surface area contributed by atoms with E-state index >= 15 is 0 Å². The number of carbonyl (C=O) groups excluding carboxylic acids is 1. The zero-order valence-corrected chi connectivity index (χ0v) is 9.92. The van der Waals surface area contributed by atoms with Crippen molar-refractivity contribution in [3.05, 3.63) is 34.9 Å². The molecule has 0 fully saturated rings. The predicted molar refractivity (Wildman–Crippen MR) is 63.0 cm³/mol. The van der Waals surface area contributed by atoms with Crippen LogP contribution in [0.1, 0.15) is 36.1 Å². The van der Waals surface area contributed by atoms with Crippen LogP contribution in [0.4, 0.5) is 0 Å². The molecule has 1 unspecified atom stereocenters. The van der Waals surface area contributed by atoms with E-state index in [1.807, 2.05) is 7.05 Å². The Morgan fingerprint density at radius 2 is 2.00 bits per heavy atom. The van der Waals surface area contributed by atoms with Gasteiger partial charge in [0.1, 0.15) is 5.78 Å². The Kier molecular flexibility index (Phi) is 4.04. The summed E-state index contributed by atoms with van der Waals surface area (Å²) in [5.74, 6) is 0.215. The summed E-state index contributed by atoms with van der Waals surface area (Å²) in [5, 5.41) is 3.18. The van der Waals surface area contributed by atoms with Gasteiger partial charge in [-0.15, -0.1) is 0 Å². The van der Waals surface area contributed by atoms with Crippen molar-refractivity contribution in [1.82, 2.24) is 5.32 Å². The molecule has 0 aliphatic heterocycles. The number of benzene rings is 1. The zero-order chi connectivity index (χ0) is 11.4. The molecule has 1 aromatic carbocycles. The van der Waals surface area contributed by atoms with Crippen molar-refractivity contribution < 1.29 is 4.79 Å². The fraction of sp³-hybridized carbons (Fsp3) is 0.462. The van der Waals surface area contributed by atoms with Crippen molar-refractivity contribution in [1.29, 1.82) is 0 Å². The lowest BCUT2D eigenvalue weighted by molar-refractivity contribution is -0.117. The van der Waals surface area contributed by atoms with Gasteiger partial charge in [0, 0.05) is 12.5 Å². The van der Waals surface area contributed by atoms with E-state index in [4.69, 9.17) is 0 Å². The van der Waals surface area contributed by atoms with E-state index in [1.165, 1.54) is 16.7 Å². The molecular weight excluding hydrogens is 186 g/mol. The summed E-state index contributed by atoms with van der Waals surface area (Å²) in [7, 11) is 1.89. The molecule has 0 saturated carbocycles. The number of aryl methyl sites for hydroxylation is 2. The van der Waals surface area contributed by atoms with Gasteiger partial charge in [-0.3, -0.25) is 4.79 Å². The molecule has 0 aliphatic rings. The molecule has 0 aromatic heterocycles. The zero-order valence-electron chi connectivity index (χ0n) is 9.92. The summed E-state index contributed by atoms with van der Waals surface area (Å²) < 4.78 is 0. The molecule has 2 heteroatoms. The average Bonchev–Trinajstić information content (AvgIpc) is 2.18. The van der Waals surface area contributed by atoms with Crippen LogP contribution in [-0.2, 0) is 4.79 Å². The van der Waals surface area contributed by atoms with E-state index in [9.17, 15) is 4.79 Å². The maximum absolute atomic E-state index is 11.1. The third kappa shape index (κ3) is 3.17. The third-order valence-corrected chi connectivity index (χ3v) is 2.77. The minimum atomic E-state index is 0.141. The van der Waals surface area contributed by atoms with E-state index in [0.29, 0.717) is 6.42 Å². The van der Waals surface area contributed by atoms with Crippen molar-refractivity contribution in [3.8, 4) is 0 Å². The molecule has 0 bridgehead atoms. The first-order valence-corrected chi connectivity index (χ1v) is 5.28. The molecule has 1 aromatic rings. The molecule has 1 atom stereocenters. The summed E-state index contributed by atoms with van der Waals surface area (Å²) in [6, 6.07) is 6.49. The van der Waals surface area contributed by atoms with Crippen LogP contribution < -0.4 is 5.32 Å². The lowest BCUT2D eigenvalue weighted by atomic mass is 9.98. The number of carbonyl (C=O) groups is 1. The van der Waals surface area contributed by atoms with Crippen molar-refractivity contribution in [2.24, 2.45) is 0 Å². The monoisotopic (exact) mass is 205 g/mol. The van der Waals surface area contributed by atoms with Crippen LogP contribution in [0.25, 0.3) is 0 Å². The summed E-state index contributed by atoms with van der Waals surface area (Å²) in [5.41, 5.74) is 3.75. The smallest absolute Gasteiger partial charge is 0.131 e. The second kappa shape index (κ2) is 5.08. The van der Waals surface area contributed by atoms with Crippen LogP contribution in [0, 0.1) is 13.8 Å². The SMILES string of the molecule is CNC(CC(C)=O)c1ccc(C)c(C)c1. The van der Waals surface area contributed by atoms with Crippen LogP contribution in [0.2, 0.25) is 0 Å². The number of Topliss-reactive ketones (excluding diaryl/α,β-unsaturated/α-hetero) is 1. The van der Waals surface area contributed by atoms with Crippen LogP contribution in [0.3, 0.4) is 0 Å². The molecule has 2 nitrogen and oxygen atoms in total. The van der Waals surface area contributed by atoms with Gasteiger partial charge in [-0.1, -0.05) is 18.2 Å². The number of hydrogen-bond donors (Lipinski definition) is 1. The Balaban J connectivity index is 2.92. The molecule has 1 N–H and O–H groups in total. The second-order valence-electron chi connectivity index (χ2n) is 4.09.